The van der Waals surface area contributed by atoms with Crippen LogP contribution in [0.15, 0.2) is 109 Å². The lowest BCUT2D eigenvalue weighted by Gasteiger charge is -2.10. The monoisotopic (exact) mass is 594 g/mol. The van der Waals surface area contributed by atoms with Gasteiger partial charge in [0.15, 0.2) is 0 Å². The molecule has 2 aliphatic carbocycles. The fraction of sp³-hybridized carbons (Fsp3) is 0.0952. The van der Waals surface area contributed by atoms with E-state index in [1.165, 1.54) is 85.6 Å². The number of para-hydroxylation sites is 1. The first-order valence-electron chi connectivity index (χ1n) is 16.0. The Hall–Kier alpha value is -5.12. The molecule has 0 saturated heterocycles. The predicted molar refractivity (Wildman–Crippen MR) is 193 cm³/mol. The molecule has 8 aromatic rings. The van der Waals surface area contributed by atoms with E-state index in [1.807, 2.05) is 11.3 Å². The summed E-state index contributed by atoms with van der Waals surface area (Å²) >= 11 is 1.91. The summed E-state index contributed by atoms with van der Waals surface area (Å²) in [6, 6.07) is 40.6. The molecule has 3 heterocycles. The Balaban J connectivity index is 1.20. The van der Waals surface area contributed by atoms with Crippen LogP contribution in [0, 0.1) is 0 Å². The van der Waals surface area contributed by atoms with E-state index in [1.54, 1.807) is 0 Å². The van der Waals surface area contributed by atoms with Crippen molar-refractivity contribution in [1.29, 1.82) is 0 Å². The van der Waals surface area contributed by atoms with Gasteiger partial charge in [-0.2, -0.15) is 0 Å². The predicted octanol–water partition coefficient (Wildman–Crippen LogP) is 8.32. The van der Waals surface area contributed by atoms with Gasteiger partial charge < -0.3 is 9.13 Å². The van der Waals surface area contributed by atoms with Gasteiger partial charge in [-0.3, -0.25) is 0 Å². The van der Waals surface area contributed by atoms with E-state index in [0.717, 1.165) is 25.7 Å². The van der Waals surface area contributed by atoms with Gasteiger partial charge in [0.05, 0.1) is 21.4 Å². The second kappa shape index (κ2) is 9.69. The second-order valence-corrected chi connectivity index (χ2v) is 13.3. The molecule has 214 valence electrons. The molecule has 0 amide bonds. The first-order chi connectivity index (χ1) is 22.3. The minimum atomic E-state index is 1.08. The number of fused-ring (bicyclic) bond motifs is 9. The third-order valence-electron chi connectivity index (χ3n) is 9.77. The number of rotatable bonds is 3. The summed E-state index contributed by atoms with van der Waals surface area (Å²) in [7, 11) is 0. The van der Waals surface area contributed by atoms with Crippen LogP contribution >= 0.6 is 11.3 Å². The van der Waals surface area contributed by atoms with Crippen LogP contribution in [-0.4, -0.2) is 9.13 Å². The Morgan fingerprint density at radius 3 is 1.80 bits per heavy atom. The molecule has 0 spiro atoms. The van der Waals surface area contributed by atoms with Crippen molar-refractivity contribution in [3.63, 3.8) is 0 Å². The van der Waals surface area contributed by atoms with E-state index in [0.29, 0.717) is 0 Å². The lowest BCUT2D eigenvalue weighted by molar-refractivity contribution is 1.02. The van der Waals surface area contributed by atoms with Crippen LogP contribution in [0.2, 0.25) is 0 Å². The molecule has 3 aromatic heterocycles. The number of hydrogen-bond donors (Lipinski definition) is 0. The summed E-state index contributed by atoms with van der Waals surface area (Å²) in [4.78, 5) is 0. The van der Waals surface area contributed by atoms with E-state index in [9.17, 15) is 0 Å². The molecule has 3 heteroatoms. The minimum absolute atomic E-state index is 1.08. The molecule has 0 radical (unpaired) electrons. The number of benzene rings is 5. The summed E-state index contributed by atoms with van der Waals surface area (Å²) in [5.74, 6) is 0. The quantitative estimate of drug-likeness (QED) is 0.195. The Kier molecular flexibility index (Phi) is 5.43. The van der Waals surface area contributed by atoms with Crippen LogP contribution in [0.4, 0.5) is 0 Å². The fourth-order valence-electron chi connectivity index (χ4n) is 7.78. The smallest absolute Gasteiger partial charge is 0.0640 e. The normalized spacial score (nSPS) is 14.1. The van der Waals surface area contributed by atoms with Crippen molar-refractivity contribution in [2.75, 3.05) is 0 Å². The van der Waals surface area contributed by atoms with E-state index < -0.39 is 0 Å². The summed E-state index contributed by atoms with van der Waals surface area (Å²) < 4.78 is 7.65. The van der Waals surface area contributed by atoms with Crippen molar-refractivity contribution in [1.82, 2.24) is 9.13 Å². The summed E-state index contributed by atoms with van der Waals surface area (Å²) in [5.41, 5.74) is 7.58. The SMILES string of the molecule is C1=c2c(n(-c3ccccc3)c3ccc(-c4ccc5c(c4)c4c(n5-c5cccc6c5sc5ccccc56)=CCCC=4)cc23)=CCC1. The van der Waals surface area contributed by atoms with Gasteiger partial charge in [0.2, 0.25) is 0 Å². The maximum Gasteiger partial charge on any atom is 0.0640 e. The maximum absolute atomic E-state index is 2.52. The van der Waals surface area contributed by atoms with Crippen molar-refractivity contribution < 1.29 is 0 Å². The molecule has 45 heavy (non-hydrogen) atoms. The number of hydrogen-bond acceptors (Lipinski definition) is 1. The zero-order valence-corrected chi connectivity index (χ0v) is 25.6. The molecule has 5 aromatic carbocycles. The van der Waals surface area contributed by atoms with Crippen molar-refractivity contribution in [3.8, 4) is 22.5 Å². The Morgan fingerprint density at radius 1 is 0.467 bits per heavy atom. The van der Waals surface area contributed by atoms with Gasteiger partial charge >= 0.3 is 0 Å². The van der Waals surface area contributed by atoms with Crippen molar-refractivity contribution in [2.24, 2.45) is 0 Å². The Bertz CT molecular complexity index is 2750. The molecule has 2 nitrogen and oxygen atoms in total. The highest BCUT2D eigenvalue weighted by molar-refractivity contribution is 7.26. The van der Waals surface area contributed by atoms with Gasteiger partial charge in [-0.15, -0.1) is 11.3 Å². The second-order valence-electron chi connectivity index (χ2n) is 12.3. The number of thiophene rings is 1. The van der Waals surface area contributed by atoms with E-state index in [4.69, 9.17) is 0 Å². The average Bonchev–Trinajstić information content (AvgIpc) is 3.76. The summed E-state index contributed by atoms with van der Waals surface area (Å²) in [5, 5.41) is 10.7. The maximum atomic E-state index is 2.52. The van der Waals surface area contributed by atoms with Crippen LogP contribution in [0.3, 0.4) is 0 Å². The average molecular weight is 595 g/mol. The molecule has 10 rings (SSSR count). The highest BCUT2D eigenvalue weighted by Gasteiger charge is 2.17. The topological polar surface area (TPSA) is 9.86 Å². The fourth-order valence-corrected chi connectivity index (χ4v) is 8.99. The van der Waals surface area contributed by atoms with Crippen molar-refractivity contribution in [3.05, 3.63) is 130 Å². The first kappa shape index (κ1) is 25.2. The van der Waals surface area contributed by atoms with E-state index in [2.05, 4.69) is 143 Å². The third kappa shape index (κ3) is 3.68. The molecule has 0 aliphatic heterocycles. The van der Waals surface area contributed by atoms with E-state index in [-0.39, 0.29) is 0 Å². The van der Waals surface area contributed by atoms with Crippen molar-refractivity contribution in [2.45, 2.75) is 25.7 Å². The van der Waals surface area contributed by atoms with Crippen molar-refractivity contribution >= 4 is 77.6 Å². The standard InChI is InChI=1S/C42H30N2S/c1-2-11-29(12-3-1)43-36-17-7-4-13-30(36)34-25-27(21-23-38(34)43)28-22-24-39-35(26-28)31-14-5-8-18-37(31)44(39)40-19-10-16-33-32-15-6-9-20-41(32)45-42(33)40/h1-3,6,9-26H,4-5,7-8H2. The highest BCUT2D eigenvalue weighted by atomic mass is 32.1. The lowest BCUT2D eigenvalue weighted by atomic mass is 10.0. The van der Waals surface area contributed by atoms with Gasteiger partial charge in [-0.1, -0.05) is 85.0 Å². The van der Waals surface area contributed by atoms with Crippen LogP contribution < -0.4 is 21.1 Å². The van der Waals surface area contributed by atoms with E-state index >= 15 is 0 Å². The molecule has 0 saturated carbocycles. The van der Waals surface area contributed by atoms with Gasteiger partial charge in [0, 0.05) is 53.1 Å². The Labute approximate surface area is 264 Å². The van der Waals surface area contributed by atoms with Crippen LogP contribution in [0.1, 0.15) is 25.7 Å². The lowest BCUT2D eigenvalue weighted by Crippen LogP contribution is -2.30. The van der Waals surface area contributed by atoms with Gasteiger partial charge in [-0.25, -0.2) is 0 Å². The minimum Gasteiger partial charge on any atom is -0.310 e. The molecular formula is C42H30N2S. The van der Waals surface area contributed by atoms with Crippen LogP contribution in [-0.2, 0) is 0 Å². The number of aromatic nitrogens is 2. The first-order valence-corrected chi connectivity index (χ1v) is 16.8. The van der Waals surface area contributed by atoms with Gasteiger partial charge in [-0.05, 0) is 85.3 Å². The number of nitrogens with zero attached hydrogens (tertiary/aromatic N) is 2. The molecule has 0 atom stereocenters. The molecule has 0 N–H and O–H groups in total. The van der Waals surface area contributed by atoms with Gasteiger partial charge in [0.1, 0.15) is 0 Å². The summed E-state index contributed by atoms with van der Waals surface area (Å²) in [6.07, 6.45) is 14.1. The largest absolute Gasteiger partial charge is 0.310 e. The molecule has 0 bridgehead atoms. The molecule has 2 aliphatic rings. The summed E-state index contributed by atoms with van der Waals surface area (Å²) in [6.45, 7) is 0. The zero-order valence-electron chi connectivity index (χ0n) is 24.8. The zero-order chi connectivity index (χ0) is 29.5. The highest BCUT2D eigenvalue weighted by Crippen LogP contribution is 2.38. The van der Waals surface area contributed by atoms with Gasteiger partial charge in [0.25, 0.3) is 0 Å². The molecular weight excluding hydrogens is 565 g/mol. The molecule has 0 fully saturated rings. The van der Waals surface area contributed by atoms with Crippen LogP contribution in [0.5, 0.6) is 0 Å². The Morgan fingerprint density at radius 2 is 1.07 bits per heavy atom. The third-order valence-corrected chi connectivity index (χ3v) is 11.0. The van der Waals surface area contributed by atoms with Crippen LogP contribution in [0.25, 0.3) is 88.8 Å². The molecule has 0 unspecified atom stereocenters.